The van der Waals surface area contributed by atoms with Gasteiger partial charge in [0.15, 0.2) is 11.5 Å². The smallest absolute Gasteiger partial charge is 0.312 e. The lowest BCUT2D eigenvalue weighted by molar-refractivity contribution is -0.138. The number of anilines is 1. The number of carbonyl (C=O) groups is 2. The molecule has 0 spiro atoms. The van der Waals surface area contributed by atoms with Crippen LogP contribution in [-0.4, -0.2) is 36.7 Å². The van der Waals surface area contributed by atoms with E-state index in [9.17, 15) is 14.7 Å². The molecular formula is C21H23NO5. The fourth-order valence-electron chi connectivity index (χ4n) is 3.21. The third-order valence-electron chi connectivity index (χ3n) is 4.46. The van der Waals surface area contributed by atoms with E-state index in [1.54, 1.807) is 42.5 Å². The van der Waals surface area contributed by atoms with Crippen LogP contribution < -0.4 is 14.4 Å². The number of para-hydroxylation sites is 1. The van der Waals surface area contributed by atoms with Crippen LogP contribution in [0.2, 0.25) is 0 Å². The summed E-state index contributed by atoms with van der Waals surface area (Å²) in [5.74, 6) is -0.798. The number of carboxylic acid groups (broad SMARTS) is 1. The summed E-state index contributed by atoms with van der Waals surface area (Å²) in [4.78, 5) is 26.2. The minimum atomic E-state index is -0.934. The molecule has 0 saturated heterocycles. The maximum atomic E-state index is 13.1. The third kappa shape index (κ3) is 3.74. The van der Waals surface area contributed by atoms with Crippen molar-refractivity contribution >= 4 is 17.6 Å². The fourth-order valence-corrected chi connectivity index (χ4v) is 3.21. The first kappa shape index (κ1) is 18.8. The Hall–Kier alpha value is -3.02. The van der Waals surface area contributed by atoms with E-state index in [4.69, 9.17) is 9.47 Å². The van der Waals surface area contributed by atoms with Crippen molar-refractivity contribution in [3.63, 3.8) is 0 Å². The number of ether oxygens (including phenoxy) is 2. The van der Waals surface area contributed by atoms with Gasteiger partial charge in [0.25, 0.3) is 5.91 Å². The van der Waals surface area contributed by atoms with E-state index in [-0.39, 0.29) is 12.5 Å². The summed E-state index contributed by atoms with van der Waals surface area (Å²) in [5.41, 5.74) is 1.73. The van der Waals surface area contributed by atoms with Crippen LogP contribution in [0.4, 0.5) is 5.69 Å². The van der Waals surface area contributed by atoms with Gasteiger partial charge in [-0.3, -0.25) is 9.59 Å². The van der Waals surface area contributed by atoms with Gasteiger partial charge in [0, 0.05) is 17.8 Å². The van der Waals surface area contributed by atoms with E-state index in [2.05, 4.69) is 0 Å². The van der Waals surface area contributed by atoms with E-state index in [1.807, 2.05) is 13.8 Å². The second-order valence-electron chi connectivity index (χ2n) is 6.31. The van der Waals surface area contributed by atoms with E-state index < -0.39 is 11.9 Å². The number of rotatable bonds is 7. The zero-order valence-corrected chi connectivity index (χ0v) is 15.5. The molecule has 6 heteroatoms. The summed E-state index contributed by atoms with van der Waals surface area (Å²) in [6.07, 6.45) is 0.868. The molecule has 6 nitrogen and oxygen atoms in total. The number of aliphatic carboxylic acids is 1. The minimum absolute atomic E-state index is 0.117. The second kappa shape index (κ2) is 8.12. The number of amides is 1. The van der Waals surface area contributed by atoms with Gasteiger partial charge in [0.05, 0.1) is 13.2 Å². The first-order valence-corrected chi connectivity index (χ1v) is 9.10. The molecule has 0 radical (unpaired) electrons. The van der Waals surface area contributed by atoms with Crippen molar-refractivity contribution in [2.24, 2.45) is 0 Å². The zero-order chi connectivity index (χ0) is 19.4. The Balaban J connectivity index is 1.92. The molecule has 0 bridgehead atoms. The monoisotopic (exact) mass is 369 g/mol. The number of carboxylic acids is 1. The Bertz CT molecular complexity index is 848. The number of hydrogen-bond acceptors (Lipinski definition) is 4. The lowest BCUT2D eigenvalue weighted by atomic mass is 10.0. The fraction of sp³-hybridized carbons (Fsp3) is 0.333. The number of hydrogen-bond donors (Lipinski definition) is 1. The lowest BCUT2D eigenvalue weighted by Gasteiger charge is -2.19. The zero-order valence-electron chi connectivity index (χ0n) is 15.5. The summed E-state index contributed by atoms with van der Waals surface area (Å²) in [7, 11) is 0. The average molecular weight is 369 g/mol. The van der Waals surface area contributed by atoms with Gasteiger partial charge in [-0.05, 0) is 43.2 Å². The maximum Gasteiger partial charge on any atom is 0.312 e. The van der Waals surface area contributed by atoms with Gasteiger partial charge in [-0.1, -0.05) is 25.1 Å². The molecule has 27 heavy (non-hydrogen) atoms. The molecule has 142 valence electrons. The van der Waals surface area contributed by atoms with Crippen molar-refractivity contribution in [3.8, 4) is 11.5 Å². The van der Waals surface area contributed by atoms with Crippen molar-refractivity contribution in [1.82, 2.24) is 0 Å². The summed E-state index contributed by atoms with van der Waals surface area (Å²) in [6.45, 7) is 5.01. The van der Waals surface area contributed by atoms with E-state index >= 15 is 0 Å². The van der Waals surface area contributed by atoms with Crippen molar-refractivity contribution in [1.29, 1.82) is 0 Å². The molecule has 3 rings (SSSR count). The number of carbonyl (C=O) groups excluding carboxylic acids is 1. The van der Waals surface area contributed by atoms with Crippen molar-refractivity contribution < 1.29 is 24.2 Å². The average Bonchev–Trinajstić information content (AvgIpc) is 3.06. The highest BCUT2D eigenvalue weighted by atomic mass is 16.5. The summed E-state index contributed by atoms with van der Waals surface area (Å²) in [5, 5.41) is 9.49. The summed E-state index contributed by atoms with van der Waals surface area (Å²) < 4.78 is 11.3. The second-order valence-corrected chi connectivity index (χ2v) is 6.31. The highest BCUT2D eigenvalue weighted by Gasteiger charge is 2.36. The molecule has 1 unspecified atom stereocenters. The van der Waals surface area contributed by atoms with E-state index in [0.29, 0.717) is 41.5 Å². The van der Waals surface area contributed by atoms with E-state index in [1.165, 1.54) is 4.90 Å². The number of fused-ring (bicyclic) bond motifs is 1. The van der Waals surface area contributed by atoms with Crippen molar-refractivity contribution in [2.45, 2.75) is 26.2 Å². The Morgan fingerprint density at radius 2 is 1.89 bits per heavy atom. The molecule has 0 aliphatic carbocycles. The van der Waals surface area contributed by atoms with Crippen molar-refractivity contribution in [2.75, 3.05) is 24.7 Å². The van der Waals surface area contributed by atoms with Gasteiger partial charge in [-0.25, -0.2) is 0 Å². The van der Waals surface area contributed by atoms with Crippen LogP contribution in [0.15, 0.2) is 42.5 Å². The SMILES string of the molecule is CCCOc1ccc(C(=O)N2CC(C(=O)O)c3ccccc32)cc1OCC. The van der Waals surface area contributed by atoms with Crippen LogP contribution >= 0.6 is 0 Å². The molecule has 1 atom stereocenters. The first-order valence-electron chi connectivity index (χ1n) is 9.10. The third-order valence-corrected chi connectivity index (χ3v) is 4.46. The first-order chi connectivity index (χ1) is 13.1. The predicted octanol–water partition coefficient (Wildman–Crippen LogP) is 3.70. The molecule has 1 aliphatic heterocycles. The minimum Gasteiger partial charge on any atom is -0.490 e. The Morgan fingerprint density at radius 1 is 1.11 bits per heavy atom. The molecule has 0 fully saturated rings. The predicted molar refractivity (Wildman–Crippen MR) is 102 cm³/mol. The molecule has 2 aromatic carbocycles. The van der Waals surface area contributed by atoms with Gasteiger partial charge in [-0.15, -0.1) is 0 Å². The Morgan fingerprint density at radius 3 is 2.59 bits per heavy atom. The largest absolute Gasteiger partial charge is 0.490 e. The topological polar surface area (TPSA) is 76.1 Å². The molecule has 1 heterocycles. The normalized spacial score (nSPS) is 15.3. The van der Waals surface area contributed by atoms with Gasteiger partial charge >= 0.3 is 5.97 Å². The van der Waals surface area contributed by atoms with Crippen LogP contribution in [0.3, 0.4) is 0 Å². The highest BCUT2D eigenvalue weighted by Crippen LogP contribution is 2.38. The maximum absolute atomic E-state index is 13.1. The summed E-state index contributed by atoms with van der Waals surface area (Å²) >= 11 is 0. The standard InChI is InChI=1S/C21H23NO5/c1-3-11-27-18-10-9-14(12-19(18)26-4-2)20(23)22-13-16(21(24)25)15-7-5-6-8-17(15)22/h5-10,12,16H,3-4,11,13H2,1-2H3,(H,24,25). The van der Waals surface area contributed by atoms with Crippen LogP contribution in [0.1, 0.15) is 42.1 Å². The molecule has 1 aliphatic rings. The molecular weight excluding hydrogens is 346 g/mol. The molecule has 0 aromatic heterocycles. The van der Waals surface area contributed by atoms with Gasteiger partial charge in [0.2, 0.25) is 0 Å². The van der Waals surface area contributed by atoms with Crippen LogP contribution in [0.25, 0.3) is 0 Å². The van der Waals surface area contributed by atoms with Gasteiger partial charge in [0.1, 0.15) is 5.92 Å². The number of benzene rings is 2. The van der Waals surface area contributed by atoms with E-state index in [0.717, 1.165) is 6.42 Å². The lowest BCUT2D eigenvalue weighted by Crippen LogP contribution is -2.31. The molecule has 1 N–H and O–H groups in total. The Kier molecular flexibility index (Phi) is 5.64. The van der Waals surface area contributed by atoms with Gasteiger partial charge < -0.3 is 19.5 Å². The number of nitrogens with zero attached hydrogens (tertiary/aromatic N) is 1. The molecule has 0 saturated carbocycles. The quantitative estimate of drug-likeness (QED) is 0.805. The highest BCUT2D eigenvalue weighted by molar-refractivity contribution is 6.09. The Labute approximate surface area is 158 Å². The van der Waals surface area contributed by atoms with Crippen LogP contribution in [-0.2, 0) is 4.79 Å². The summed E-state index contributed by atoms with van der Waals surface area (Å²) in [6, 6.07) is 12.2. The van der Waals surface area contributed by atoms with Crippen LogP contribution in [0, 0.1) is 0 Å². The van der Waals surface area contributed by atoms with Crippen LogP contribution in [0.5, 0.6) is 11.5 Å². The molecule has 1 amide bonds. The van der Waals surface area contributed by atoms with Crippen molar-refractivity contribution in [3.05, 3.63) is 53.6 Å². The molecule has 2 aromatic rings. The van der Waals surface area contributed by atoms with Gasteiger partial charge in [-0.2, -0.15) is 0 Å².